The molecule has 2 heterocycles. The summed E-state index contributed by atoms with van der Waals surface area (Å²) in [7, 11) is 0. The quantitative estimate of drug-likeness (QED) is 0.775. The lowest BCUT2D eigenvalue weighted by Crippen LogP contribution is -2.46. The Morgan fingerprint density at radius 1 is 1.19 bits per heavy atom. The monoisotopic (exact) mass is 286 g/mol. The van der Waals surface area contributed by atoms with Crippen LogP contribution in [0.3, 0.4) is 0 Å². The SMILES string of the molecule is C[C@H]1CCCN(C(=O)CN2C(=O)c3ccccc3C2=O)C1. The van der Waals surface area contributed by atoms with Gasteiger partial charge in [-0.15, -0.1) is 0 Å². The average Bonchev–Trinajstić information content (AvgIpc) is 2.73. The summed E-state index contributed by atoms with van der Waals surface area (Å²) in [5, 5.41) is 0. The Kier molecular flexibility index (Phi) is 3.49. The summed E-state index contributed by atoms with van der Waals surface area (Å²) in [6.07, 6.45) is 2.10. The highest BCUT2D eigenvalue weighted by molar-refractivity contribution is 6.22. The van der Waals surface area contributed by atoms with Gasteiger partial charge in [0.2, 0.25) is 5.91 Å². The maximum Gasteiger partial charge on any atom is 0.262 e. The van der Waals surface area contributed by atoms with Crippen molar-refractivity contribution in [1.82, 2.24) is 9.80 Å². The van der Waals surface area contributed by atoms with E-state index in [0.717, 1.165) is 17.7 Å². The smallest absolute Gasteiger partial charge is 0.262 e. The van der Waals surface area contributed by atoms with Gasteiger partial charge < -0.3 is 4.90 Å². The van der Waals surface area contributed by atoms with Crippen LogP contribution in [0.15, 0.2) is 24.3 Å². The van der Waals surface area contributed by atoms with Crippen LogP contribution in [0.25, 0.3) is 0 Å². The number of imide groups is 1. The summed E-state index contributed by atoms with van der Waals surface area (Å²) < 4.78 is 0. The number of rotatable bonds is 2. The van der Waals surface area contributed by atoms with Gasteiger partial charge in [-0.05, 0) is 30.9 Å². The Morgan fingerprint density at radius 2 is 1.81 bits per heavy atom. The molecule has 0 radical (unpaired) electrons. The standard InChI is InChI=1S/C16H18N2O3/c1-11-5-4-8-17(9-11)14(19)10-18-15(20)12-6-2-3-7-13(12)16(18)21/h2-3,6-7,11H,4-5,8-10H2,1H3/t11-/m0/s1. The first-order valence-electron chi connectivity index (χ1n) is 7.31. The molecule has 3 amide bonds. The Balaban J connectivity index is 1.73. The fourth-order valence-electron chi connectivity index (χ4n) is 3.03. The van der Waals surface area contributed by atoms with E-state index in [1.165, 1.54) is 0 Å². The Labute approximate surface area is 123 Å². The first kappa shape index (κ1) is 13.8. The van der Waals surface area contributed by atoms with E-state index in [2.05, 4.69) is 6.92 Å². The number of carbonyl (C=O) groups is 3. The second-order valence-corrected chi connectivity index (χ2v) is 5.83. The average molecular weight is 286 g/mol. The molecule has 0 spiro atoms. The van der Waals surface area contributed by atoms with Crippen molar-refractivity contribution < 1.29 is 14.4 Å². The first-order valence-corrected chi connectivity index (χ1v) is 7.31. The third-order valence-corrected chi connectivity index (χ3v) is 4.18. The van der Waals surface area contributed by atoms with Gasteiger partial charge in [-0.3, -0.25) is 19.3 Å². The van der Waals surface area contributed by atoms with E-state index in [4.69, 9.17) is 0 Å². The van der Waals surface area contributed by atoms with Gasteiger partial charge in [-0.25, -0.2) is 0 Å². The summed E-state index contributed by atoms with van der Waals surface area (Å²) in [6, 6.07) is 6.70. The van der Waals surface area contributed by atoms with Crippen LogP contribution in [0.4, 0.5) is 0 Å². The number of hydrogen-bond donors (Lipinski definition) is 0. The van der Waals surface area contributed by atoms with Crippen LogP contribution in [-0.2, 0) is 4.79 Å². The minimum Gasteiger partial charge on any atom is -0.341 e. The van der Waals surface area contributed by atoms with Crippen LogP contribution in [0.5, 0.6) is 0 Å². The van der Waals surface area contributed by atoms with Crippen molar-refractivity contribution in [2.45, 2.75) is 19.8 Å². The molecule has 0 aliphatic carbocycles. The van der Waals surface area contributed by atoms with Crippen LogP contribution in [0.1, 0.15) is 40.5 Å². The summed E-state index contributed by atoms with van der Waals surface area (Å²) in [5.41, 5.74) is 0.782. The predicted molar refractivity (Wildman–Crippen MR) is 76.8 cm³/mol. The molecule has 5 nitrogen and oxygen atoms in total. The van der Waals surface area contributed by atoms with Crippen molar-refractivity contribution in [3.8, 4) is 0 Å². The van der Waals surface area contributed by atoms with Crippen molar-refractivity contribution in [3.63, 3.8) is 0 Å². The predicted octanol–water partition coefficient (Wildman–Crippen LogP) is 1.54. The molecule has 5 heteroatoms. The number of piperidine rings is 1. The molecule has 1 aromatic rings. The molecule has 2 aliphatic rings. The molecule has 0 unspecified atom stereocenters. The molecule has 0 aromatic heterocycles. The third kappa shape index (κ3) is 2.44. The fourth-order valence-corrected chi connectivity index (χ4v) is 3.03. The molecule has 1 saturated heterocycles. The van der Waals surface area contributed by atoms with Crippen LogP contribution < -0.4 is 0 Å². The van der Waals surface area contributed by atoms with E-state index < -0.39 is 0 Å². The Hall–Kier alpha value is -2.17. The number of hydrogen-bond acceptors (Lipinski definition) is 3. The summed E-state index contributed by atoms with van der Waals surface area (Å²) >= 11 is 0. The van der Waals surface area contributed by atoms with Crippen LogP contribution >= 0.6 is 0 Å². The van der Waals surface area contributed by atoms with Crippen molar-refractivity contribution in [3.05, 3.63) is 35.4 Å². The van der Waals surface area contributed by atoms with E-state index in [9.17, 15) is 14.4 Å². The molecular weight excluding hydrogens is 268 g/mol. The normalized spacial score (nSPS) is 21.7. The zero-order valence-corrected chi connectivity index (χ0v) is 12.0. The lowest BCUT2D eigenvalue weighted by Gasteiger charge is -2.31. The largest absolute Gasteiger partial charge is 0.341 e. The molecule has 0 N–H and O–H groups in total. The van der Waals surface area contributed by atoms with E-state index in [1.54, 1.807) is 29.2 Å². The Bertz CT molecular complexity index is 576. The van der Waals surface area contributed by atoms with Gasteiger partial charge in [0, 0.05) is 13.1 Å². The summed E-state index contributed by atoms with van der Waals surface area (Å²) in [5.74, 6) is -0.399. The van der Waals surface area contributed by atoms with Gasteiger partial charge in [0.1, 0.15) is 6.54 Å². The van der Waals surface area contributed by atoms with Crippen molar-refractivity contribution >= 4 is 17.7 Å². The lowest BCUT2D eigenvalue weighted by atomic mass is 10.0. The van der Waals surface area contributed by atoms with Gasteiger partial charge in [-0.2, -0.15) is 0 Å². The van der Waals surface area contributed by atoms with Gasteiger partial charge in [-0.1, -0.05) is 19.1 Å². The van der Waals surface area contributed by atoms with E-state index in [-0.39, 0.29) is 24.3 Å². The lowest BCUT2D eigenvalue weighted by molar-refractivity contribution is -0.133. The van der Waals surface area contributed by atoms with Gasteiger partial charge in [0.05, 0.1) is 11.1 Å². The van der Waals surface area contributed by atoms with Crippen LogP contribution in [-0.4, -0.2) is 47.2 Å². The van der Waals surface area contributed by atoms with Crippen molar-refractivity contribution in [2.24, 2.45) is 5.92 Å². The second-order valence-electron chi connectivity index (χ2n) is 5.83. The van der Waals surface area contributed by atoms with Gasteiger partial charge in [0.15, 0.2) is 0 Å². The molecule has 0 bridgehead atoms. The van der Waals surface area contributed by atoms with E-state index >= 15 is 0 Å². The summed E-state index contributed by atoms with van der Waals surface area (Å²) in [4.78, 5) is 39.6. The topological polar surface area (TPSA) is 57.7 Å². The number of benzene rings is 1. The van der Waals surface area contributed by atoms with Crippen molar-refractivity contribution in [1.29, 1.82) is 0 Å². The molecule has 1 atom stereocenters. The summed E-state index contributed by atoms with van der Waals surface area (Å²) in [6.45, 7) is 3.38. The van der Waals surface area contributed by atoms with Gasteiger partial charge in [0.25, 0.3) is 11.8 Å². The molecule has 3 rings (SSSR count). The maximum absolute atomic E-state index is 12.3. The second kappa shape index (κ2) is 5.31. The number of nitrogens with zero attached hydrogens (tertiary/aromatic N) is 2. The maximum atomic E-state index is 12.3. The molecule has 1 aromatic carbocycles. The highest BCUT2D eigenvalue weighted by Crippen LogP contribution is 2.23. The molecule has 21 heavy (non-hydrogen) atoms. The number of fused-ring (bicyclic) bond motifs is 1. The van der Waals surface area contributed by atoms with Crippen LogP contribution in [0, 0.1) is 5.92 Å². The minimum atomic E-state index is -0.367. The molecule has 2 aliphatic heterocycles. The molecule has 1 fully saturated rings. The number of likely N-dealkylation sites (tertiary alicyclic amines) is 1. The molecular formula is C16H18N2O3. The van der Waals surface area contributed by atoms with Crippen LogP contribution in [0.2, 0.25) is 0 Å². The fraction of sp³-hybridized carbons (Fsp3) is 0.438. The Morgan fingerprint density at radius 3 is 2.38 bits per heavy atom. The molecule has 110 valence electrons. The third-order valence-electron chi connectivity index (χ3n) is 4.18. The number of amides is 3. The molecule has 0 saturated carbocycles. The van der Waals surface area contributed by atoms with E-state index in [1.807, 2.05) is 0 Å². The minimum absolute atomic E-state index is 0.143. The zero-order valence-electron chi connectivity index (χ0n) is 12.0. The highest BCUT2D eigenvalue weighted by Gasteiger charge is 2.37. The number of carbonyl (C=O) groups excluding carboxylic acids is 3. The first-order chi connectivity index (χ1) is 10.1. The van der Waals surface area contributed by atoms with Gasteiger partial charge >= 0.3 is 0 Å². The van der Waals surface area contributed by atoms with Crippen molar-refractivity contribution in [2.75, 3.05) is 19.6 Å². The zero-order chi connectivity index (χ0) is 15.0. The van der Waals surface area contributed by atoms with E-state index in [0.29, 0.717) is 30.1 Å². The highest BCUT2D eigenvalue weighted by atomic mass is 16.2.